The third-order valence-corrected chi connectivity index (χ3v) is 6.15. The summed E-state index contributed by atoms with van der Waals surface area (Å²) >= 11 is 5.02. The number of methoxy groups -OCH3 is 1. The highest BCUT2D eigenvalue weighted by atomic mass is 79.9. The van der Waals surface area contributed by atoms with Crippen LogP contribution in [-0.2, 0) is 19.0 Å². The largest absolute Gasteiger partial charge is 0.467 e. The Bertz CT molecular complexity index is 890. The molecule has 1 saturated carbocycles. The molecule has 12 heteroatoms. The van der Waals surface area contributed by atoms with E-state index in [1.54, 1.807) is 30.3 Å². The lowest BCUT2D eigenvalue weighted by Crippen LogP contribution is -2.33. The fourth-order valence-corrected chi connectivity index (χ4v) is 4.56. The zero-order valence-electron chi connectivity index (χ0n) is 17.4. The first kappa shape index (κ1) is 23.3. The number of thioether (sulfide) groups is 1. The van der Waals surface area contributed by atoms with Gasteiger partial charge < -0.3 is 19.3 Å². The first-order valence-electron chi connectivity index (χ1n) is 9.71. The molecule has 3 unspecified atom stereocenters. The predicted octanol–water partition coefficient (Wildman–Crippen LogP) is 2.49. The molecule has 0 aromatic carbocycles. The van der Waals surface area contributed by atoms with Crippen molar-refractivity contribution in [2.24, 2.45) is 0 Å². The number of fused-ring (bicyclic) bond motifs is 1. The van der Waals surface area contributed by atoms with E-state index in [1.807, 2.05) is 0 Å². The number of halogens is 1. The third kappa shape index (κ3) is 5.67. The Morgan fingerprint density at radius 3 is 2.80 bits per heavy atom. The van der Waals surface area contributed by atoms with Crippen molar-refractivity contribution in [3.63, 3.8) is 0 Å². The van der Waals surface area contributed by atoms with Gasteiger partial charge in [0.05, 0.1) is 25.4 Å². The average Bonchev–Trinajstić information content (AvgIpc) is 3.27. The van der Waals surface area contributed by atoms with E-state index in [0.717, 1.165) is 12.2 Å². The Balaban J connectivity index is 1.90. The van der Waals surface area contributed by atoms with Gasteiger partial charge in [0.1, 0.15) is 11.2 Å². The molecule has 0 amide bonds. The number of esters is 1. The smallest absolute Gasteiger partial charge is 0.331 e. The minimum Gasteiger partial charge on any atom is -0.467 e. The van der Waals surface area contributed by atoms with E-state index in [9.17, 15) is 9.90 Å². The number of hydrogen-bond acceptors (Lipinski definition) is 10. The highest BCUT2D eigenvalue weighted by Crippen LogP contribution is 2.38. The van der Waals surface area contributed by atoms with Crippen molar-refractivity contribution in [2.75, 3.05) is 19.5 Å². The molecule has 2 aromatic rings. The summed E-state index contributed by atoms with van der Waals surface area (Å²) in [5, 5.41) is 19.4. The summed E-state index contributed by atoms with van der Waals surface area (Å²) in [4.78, 5) is 20.5. The molecule has 10 nitrogen and oxygen atoms in total. The molecule has 0 spiro atoms. The van der Waals surface area contributed by atoms with Crippen molar-refractivity contribution < 1.29 is 24.1 Å². The number of ether oxygens (including phenoxy) is 3. The number of aliphatic hydroxyl groups is 1. The summed E-state index contributed by atoms with van der Waals surface area (Å²) in [6.07, 6.45) is 1.34. The molecular formula is C18H26BrN5O5S. The lowest BCUT2D eigenvalue weighted by Gasteiger charge is -2.27. The molecule has 1 fully saturated rings. The molecule has 30 heavy (non-hydrogen) atoms. The number of nitrogens with zero attached hydrogens (tertiary/aromatic N) is 5. The van der Waals surface area contributed by atoms with Gasteiger partial charge in [-0.1, -0.05) is 23.9 Å². The van der Waals surface area contributed by atoms with Crippen LogP contribution in [0.15, 0.2) is 9.76 Å². The van der Waals surface area contributed by atoms with Crippen molar-refractivity contribution in [2.45, 2.75) is 69.2 Å². The fourth-order valence-electron chi connectivity index (χ4n) is 3.33. The van der Waals surface area contributed by atoms with E-state index in [2.05, 4.69) is 47.9 Å². The van der Waals surface area contributed by atoms with Crippen LogP contribution in [0.5, 0.6) is 0 Å². The van der Waals surface area contributed by atoms with Crippen LogP contribution in [0.25, 0.3) is 11.2 Å². The van der Waals surface area contributed by atoms with Crippen LogP contribution in [0.2, 0.25) is 0 Å². The maximum atomic E-state index is 11.5. The van der Waals surface area contributed by atoms with Gasteiger partial charge in [0.15, 0.2) is 22.1 Å². The molecule has 2 heterocycles. The Morgan fingerprint density at radius 2 is 2.13 bits per heavy atom. The van der Waals surface area contributed by atoms with Gasteiger partial charge in [-0.2, -0.15) is 0 Å². The molecule has 166 valence electrons. The predicted molar refractivity (Wildman–Crippen MR) is 113 cm³/mol. The molecule has 0 aliphatic heterocycles. The Kier molecular flexibility index (Phi) is 7.66. The summed E-state index contributed by atoms with van der Waals surface area (Å²) in [5.41, 5.74) is 1.13. The quantitative estimate of drug-likeness (QED) is 0.179. The highest BCUT2D eigenvalue weighted by Gasteiger charge is 2.41. The normalized spacial score (nSPS) is 22.0. The van der Waals surface area contributed by atoms with Crippen molar-refractivity contribution in [1.82, 2.24) is 25.0 Å². The summed E-state index contributed by atoms with van der Waals surface area (Å²) in [5.74, 6) is -0.885. The monoisotopic (exact) mass is 503 g/mol. The van der Waals surface area contributed by atoms with Crippen LogP contribution in [0.3, 0.4) is 0 Å². The first-order valence-corrected chi connectivity index (χ1v) is 11.5. The molecule has 3 atom stereocenters. The van der Waals surface area contributed by atoms with Crippen LogP contribution >= 0.6 is 27.7 Å². The SMILES string of the molecule is CCCSc1nc(Br)c2nnn(C3CC(OCC(=O)OC)CC3OC(C)(C)O)c2n1. The molecule has 2 aromatic heterocycles. The minimum atomic E-state index is -1.34. The number of carbonyl (C=O) groups is 1. The number of aromatic nitrogens is 5. The molecule has 1 aliphatic carbocycles. The van der Waals surface area contributed by atoms with Crippen molar-refractivity contribution >= 4 is 44.8 Å². The molecular weight excluding hydrogens is 478 g/mol. The summed E-state index contributed by atoms with van der Waals surface area (Å²) in [6.45, 7) is 5.10. The van der Waals surface area contributed by atoms with Crippen LogP contribution < -0.4 is 0 Å². The number of rotatable bonds is 9. The van der Waals surface area contributed by atoms with Gasteiger partial charge in [-0.25, -0.2) is 19.4 Å². The summed E-state index contributed by atoms with van der Waals surface area (Å²) in [6, 6.07) is -0.283. The summed E-state index contributed by atoms with van der Waals surface area (Å²) in [7, 11) is 1.32. The zero-order valence-corrected chi connectivity index (χ0v) is 19.8. The van der Waals surface area contributed by atoms with Crippen LogP contribution in [0.1, 0.15) is 46.1 Å². The maximum absolute atomic E-state index is 11.5. The average molecular weight is 504 g/mol. The van der Waals surface area contributed by atoms with Crippen LogP contribution in [0.4, 0.5) is 0 Å². The van der Waals surface area contributed by atoms with E-state index in [0.29, 0.717) is 33.8 Å². The maximum Gasteiger partial charge on any atom is 0.331 e. The molecule has 0 radical (unpaired) electrons. The van der Waals surface area contributed by atoms with Crippen LogP contribution in [-0.4, -0.2) is 73.5 Å². The summed E-state index contributed by atoms with van der Waals surface area (Å²) < 4.78 is 18.5. The topological polar surface area (TPSA) is 121 Å². The first-order chi connectivity index (χ1) is 14.2. The lowest BCUT2D eigenvalue weighted by atomic mass is 10.2. The van der Waals surface area contributed by atoms with Crippen LogP contribution in [0, 0.1) is 0 Å². The molecule has 0 saturated heterocycles. The fraction of sp³-hybridized carbons (Fsp3) is 0.722. The Morgan fingerprint density at radius 1 is 1.37 bits per heavy atom. The minimum absolute atomic E-state index is 0.146. The molecule has 1 N–H and O–H groups in total. The molecule has 1 aliphatic rings. The van der Waals surface area contributed by atoms with E-state index < -0.39 is 17.9 Å². The van der Waals surface area contributed by atoms with E-state index >= 15 is 0 Å². The van der Waals surface area contributed by atoms with Gasteiger partial charge in [-0.15, -0.1) is 5.10 Å². The second-order valence-corrected chi connectivity index (χ2v) is 9.32. The van der Waals surface area contributed by atoms with Gasteiger partial charge in [0.2, 0.25) is 0 Å². The standard InChI is InChI=1S/C18H26BrN5O5S/c1-5-6-30-17-20-15(19)14-16(21-17)24(23-22-14)11-7-10(28-9-13(25)27-4)8-12(11)29-18(2,3)26/h10-12,26H,5-9H2,1-4H3. The second kappa shape index (κ2) is 9.86. The number of carbonyl (C=O) groups excluding carboxylic acids is 1. The van der Waals surface area contributed by atoms with Gasteiger partial charge in [-0.05, 0) is 42.6 Å². The van der Waals surface area contributed by atoms with E-state index in [1.165, 1.54) is 7.11 Å². The van der Waals surface area contributed by atoms with Crippen molar-refractivity contribution in [3.05, 3.63) is 4.60 Å². The van der Waals surface area contributed by atoms with Crippen molar-refractivity contribution in [3.8, 4) is 0 Å². The Labute approximate surface area is 187 Å². The highest BCUT2D eigenvalue weighted by molar-refractivity contribution is 9.10. The third-order valence-electron chi connectivity index (χ3n) is 4.54. The number of hydrogen-bond donors (Lipinski definition) is 1. The zero-order chi connectivity index (χ0) is 21.9. The molecule has 3 rings (SSSR count). The van der Waals surface area contributed by atoms with Gasteiger partial charge in [0, 0.05) is 12.2 Å². The van der Waals surface area contributed by atoms with Gasteiger partial charge in [-0.3, -0.25) is 0 Å². The van der Waals surface area contributed by atoms with Crippen molar-refractivity contribution in [1.29, 1.82) is 0 Å². The lowest BCUT2D eigenvalue weighted by molar-refractivity contribution is -0.212. The van der Waals surface area contributed by atoms with Gasteiger partial charge >= 0.3 is 5.97 Å². The molecule has 0 bridgehead atoms. The Hall–Kier alpha value is -1.34. The van der Waals surface area contributed by atoms with Gasteiger partial charge in [0.25, 0.3) is 0 Å². The van der Waals surface area contributed by atoms with E-state index in [4.69, 9.17) is 9.47 Å². The second-order valence-electron chi connectivity index (χ2n) is 7.50. The van der Waals surface area contributed by atoms with E-state index in [-0.39, 0.29) is 18.8 Å².